The molecule has 0 saturated heterocycles. The fraction of sp³-hybridized carbons (Fsp3) is 0.118. The fourth-order valence-electron chi connectivity index (χ4n) is 1.94. The molecule has 0 atom stereocenters. The zero-order valence-electron chi connectivity index (χ0n) is 12.4. The highest BCUT2D eigenvalue weighted by Crippen LogP contribution is 2.26. The third-order valence-corrected chi connectivity index (χ3v) is 4.96. The number of benzene rings is 2. The van der Waals surface area contributed by atoms with E-state index in [0.29, 0.717) is 22.9 Å². The molecule has 2 rings (SSSR count). The zero-order valence-corrected chi connectivity index (χ0v) is 13.9. The van der Waals surface area contributed by atoms with Crippen molar-refractivity contribution in [2.24, 2.45) is 0 Å². The van der Waals surface area contributed by atoms with E-state index in [4.69, 9.17) is 16.3 Å². The molecule has 2 aromatic carbocycles. The van der Waals surface area contributed by atoms with Crippen molar-refractivity contribution in [3.63, 3.8) is 0 Å². The maximum absolute atomic E-state index is 12.6. The van der Waals surface area contributed by atoms with E-state index >= 15 is 0 Å². The van der Waals surface area contributed by atoms with Crippen molar-refractivity contribution >= 4 is 27.5 Å². The minimum absolute atomic E-state index is 0.0172. The Balaban J connectivity index is 2.51. The van der Waals surface area contributed by atoms with Crippen LogP contribution in [0.1, 0.15) is 12.5 Å². The molecule has 23 heavy (non-hydrogen) atoms. The molecule has 0 aliphatic carbocycles. The maximum Gasteiger partial charge on any atom is 0.216 e. The summed E-state index contributed by atoms with van der Waals surface area (Å²) in [6.07, 6.45) is 1.31. The Bertz CT molecular complexity index is 865. The quantitative estimate of drug-likeness (QED) is 0.764. The first-order valence-electron chi connectivity index (χ1n) is 6.83. The molecule has 0 aromatic heterocycles. The number of rotatable bonds is 5. The number of nitrogens with zero attached hydrogens (tertiary/aromatic N) is 1. The molecule has 0 bridgehead atoms. The first-order chi connectivity index (χ1) is 11.0. The summed E-state index contributed by atoms with van der Waals surface area (Å²) >= 11 is 5.77. The molecular formula is C17H14ClNO3S. The van der Waals surface area contributed by atoms with E-state index in [1.807, 2.05) is 6.92 Å². The van der Waals surface area contributed by atoms with Gasteiger partial charge in [-0.05, 0) is 43.3 Å². The summed E-state index contributed by atoms with van der Waals surface area (Å²) in [7, 11) is -3.91. The second kappa shape index (κ2) is 7.32. The highest BCUT2D eigenvalue weighted by Gasteiger charge is 2.21. The Hall–Kier alpha value is -2.29. The van der Waals surface area contributed by atoms with Crippen LogP contribution in [0.15, 0.2) is 58.3 Å². The van der Waals surface area contributed by atoms with Crippen LogP contribution in [0.2, 0.25) is 5.02 Å². The van der Waals surface area contributed by atoms with Crippen LogP contribution in [0.25, 0.3) is 6.08 Å². The van der Waals surface area contributed by atoms with Gasteiger partial charge in [0.15, 0.2) is 0 Å². The van der Waals surface area contributed by atoms with Gasteiger partial charge in [-0.25, -0.2) is 8.42 Å². The zero-order chi connectivity index (χ0) is 16.9. The number of sulfone groups is 1. The smallest absolute Gasteiger partial charge is 0.216 e. The minimum Gasteiger partial charge on any atom is -0.493 e. The van der Waals surface area contributed by atoms with E-state index < -0.39 is 9.84 Å². The summed E-state index contributed by atoms with van der Waals surface area (Å²) in [6, 6.07) is 14.4. The van der Waals surface area contributed by atoms with Crippen molar-refractivity contribution in [1.29, 1.82) is 5.26 Å². The predicted octanol–water partition coefficient (Wildman–Crippen LogP) is 4.08. The molecule has 6 heteroatoms. The van der Waals surface area contributed by atoms with Crippen LogP contribution < -0.4 is 4.74 Å². The molecule has 0 heterocycles. The van der Waals surface area contributed by atoms with Gasteiger partial charge in [0.25, 0.3) is 0 Å². The van der Waals surface area contributed by atoms with E-state index in [1.54, 1.807) is 30.3 Å². The summed E-state index contributed by atoms with van der Waals surface area (Å²) in [4.78, 5) is -0.337. The van der Waals surface area contributed by atoms with Crippen LogP contribution in [0.5, 0.6) is 5.75 Å². The molecule has 118 valence electrons. The SMILES string of the molecule is CCOc1ccccc1C=C(C#N)S(=O)(=O)c1ccc(Cl)cc1. The third-order valence-electron chi connectivity index (χ3n) is 3.03. The lowest BCUT2D eigenvalue weighted by atomic mass is 10.2. The third kappa shape index (κ3) is 3.92. The van der Waals surface area contributed by atoms with Gasteiger partial charge < -0.3 is 4.74 Å². The molecule has 0 amide bonds. The van der Waals surface area contributed by atoms with E-state index in [2.05, 4.69) is 0 Å². The van der Waals surface area contributed by atoms with Crippen molar-refractivity contribution in [3.05, 3.63) is 64.0 Å². The Morgan fingerprint density at radius 3 is 2.48 bits per heavy atom. The van der Waals surface area contributed by atoms with Gasteiger partial charge in [0.05, 0.1) is 11.5 Å². The van der Waals surface area contributed by atoms with Crippen LogP contribution >= 0.6 is 11.6 Å². The van der Waals surface area contributed by atoms with Gasteiger partial charge in [-0.1, -0.05) is 29.8 Å². The molecule has 4 nitrogen and oxygen atoms in total. The van der Waals surface area contributed by atoms with Crippen LogP contribution in [-0.2, 0) is 9.84 Å². The molecule has 0 fully saturated rings. The van der Waals surface area contributed by atoms with Gasteiger partial charge in [-0.15, -0.1) is 0 Å². The van der Waals surface area contributed by atoms with Crippen LogP contribution in [0.4, 0.5) is 0 Å². The highest BCUT2D eigenvalue weighted by molar-refractivity contribution is 7.95. The normalized spacial score (nSPS) is 11.8. The largest absolute Gasteiger partial charge is 0.493 e. The van der Waals surface area contributed by atoms with E-state index in [0.717, 1.165) is 0 Å². The lowest BCUT2D eigenvalue weighted by Gasteiger charge is -2.08. The van der Waals surface area contributed by atoms with Gasteiger partial charge >= 0.3 is 0 Å². The van der Waals surface area contributed by atoms with Gasteiger partial charge in [-0.2, -0.15) is 5.26 Å². The predicted molar refractivity (Wildman–Crippen MR) is 89.8 cm³/mol. The summed E-state index contributed by atoms with van der Waals surface area (Å²) in [5.41, 5.74) is 0.531. The number of para-hydroxylation sites is 1. The van der Waals surface area contributed by atoms with E-state index in [-0.39, 0.29) is 9.80 Å². The van der Waals surface area contributed by atoms with Gasteiger partial charge in [0, 0.05) is 10.6 Å². The van der Waals surface area contributed by atoms with Crippen molar-refractivity contribution in [1.82, 2.24) is 0 Å². The number of ether oxygens (including phenoxy) is 1. The van der Waals surface area contributed by atoms with Crippen LogP contribution in [0.3, 0.4) is 0 Å². The van der Waals surface area contributed by atoms with E-state index in [9.17, 15) is 13.7 Å². The van der Waals surface area contributed by atoms with Crippen molar-refractivity contribution < 1.29 is 13.2 Å². The van der Waals surface area contributed by atoms with E-state index in [1.165, 1.54) is 30.3 Å². The molecule has 0 spiro atoms. The standard InChI is InChI=1S/C17H14ClNO3S/c1-2-22-17-6-4-3-5-13(17)11-16(12-19)23(20,21)15-9-7-14(18)8-10-15/h3-11H,2H2,1H3. The van der Waals surface area contributed by atoms with Gasteiger partial charge in [0.2, 0.25) is 9.84 Å². The average molecular weight is 348 g/mol. The topological polar surface area (TPSA) is 67.2 Å². The lowest BCUT2D eigenvalue weighted by Crippen LogP contribution is -2.03. The number of allylic oxidation sites excluding steroid dienone is 1. The first-order valence-corrected chi connectivity index (χ1v) is 8.69. The number of nitriles is 1. The highest BCUT2D eigenvalue weighted by atomic mass is 35.5. The maximum atomic E-state index is 12.6. The Morgan fingerprint density at radius 2 is 1.87 bits per heavy atom. The molecular weight excluding hydrogens is 334 g/mol. The molecule has 0 aliphatic rings. The van der Waals surface area contributed by atoms with Crippen LogP contribution in [-0.4, -0.2) is 15.0 Å². The number of hydrogen-bond donors (Lipinski definition) is 0. The molecule has 0 saturated carbocycles. The second-order valence-corrected chi connectivity index (χ2v) is 6.90. The number of halogens is 1. The summed E-state index contributed by atoms with van der Waals surface area (Å²) < 4.78 is 30.6. The van der Waals surface area contributed by atoms with Crippen LogP contribution in [0, 0.1) is 11.3 Å². The first kappa shape index (κ1) is 17.1. The summed E-state index contributed by atoms with van der Waals surface area (Å²) in [6.45, 7) is 2.27. The lowest BCUT2D eigenvalue weighted by molar-refractivity contribution is 0.339. The fourth-order valence-corrected chi connectivity index (χ4v) is 3.22. The van der Waals surface area contributed by atoms with Gasteiger partial charge in [-0.3, -0.25) is 0 Å². The summed E-state index contributed by atoms with van der Waals surface area (Å²) in [5, 5.41) is 9.72. The van der Waals surface area contributed by atoms with Crippen molar-refractivity contribution in [2.75, 3.05) is 6.61 Å². The van der Waals surface area contributed by atoms with Crippen molar-refractivity contribution in [2.45, 2.75) is 11.8 Å². The monoisotopic (exact) mass is 347 g/mol. The molecule has 0 N–H and O–H groups in total. The molecule has 0 unspecified atom stereocenters. The summed E-state index contributed by atoms with van der Waals surface area (Å²) in [5.74, 6) is 0.522. The molecule has 2 aromatic rings. The second-order valence-electron chi connectivity index (χ2n) is 4.55. The Kier molecular flexibility index (Phi) is 5.43. The number of hydrogen-bond acceptors (Lipinski definition) is 4. The minimum atomic E-state index is -3.91. The molecule has 0 aliphatic heterocycles. The Labute approximate surface area is 140 Å². The molecule has 0 radical (unpaired) electrons. The van der Waals surface area contributed by atoms with Crippen molar-refractivity contribution in [3.8, 4) is 11.8 Å². The van der Waals surface area contributed by atoms with Gasteiger partial charge in [0.1, 0.15) is 16.7 Å². The average Bonchev–Trinajstić information content (AvgIpc) is 2.54. The Morgan fingerprint density at radius 1 is 1.22 bits per heavy atom.